The average molecular weight is 415 g/mol. The fraction of sp³-hybridized carbons (Fsp3) is 0.111. The van der Waals surface area contributed by atoms with Gasteiger partial charge in [-0.2, -0.15) is 0 Å². The minimum atomic E-state index is 0.516. The zero-order valence-corrected chi connectivity index (χ0v) is 12.9. The van der Waals surface area contributed by atoms with Gasteiger partial charge in [0.15, 0.2) is 5.82 Å². The second kappa shape index (κ2) is 4.65. The molecule has 2 heterocycles. The maximum atomic E-state index is 6.01. The van der Waals surface area contributed by atoms with E-state index in [1.54, 1.807) is 11.3 Å². The van der Waals surface area contributed by atoms with E-state index in [0.717, 1.165) is 18.6 Å². The normalized spacial score (nSPS) is 10.7. The van der Waals surface area contributed by atoms with Crippen LogP contribution in [0.3, 0.4) is 0 Å². The van der Waals surface area contributed by atoms with E-state index >= 15 is 0 Å². The van der Waals surface area contributed by atoms with Crippen molar-refractivity contribution in [1.82, 2.24) is 9.97 Å². The number of aryl methyl sites for hydroxylation is 1. The summed E-state index contributed by atoms with van der Waals surface area (Å²) in [7, 11) is 0. The van der Waals surface area contributed by atoms with E-state index in [0.29, 0.717) is 11.0 Å². The molecule has 2 aromatic heterocycles. The molecule has 2 aromatic rings. The Hall–Kier alpha value is 0.280. The summed E-state index contributed by atoms with van der Waals surface area (Å²) in [6.45, 7) is 1.93. The van der Waals surface area contributed by atoms with E-state index in [2.05, 4.69) is 48.5 Å². The van der Waals surface area contributed by atoms with Gasteiger partial charge in [0.05, 0.1) is 14.1 Å². The zero-order chi connectivity index (χ0) is 11.0. The van der Waals surface area contributed by atoms with E-state index in [1.807, 2.05) is 18.4 Å². The molecule has 2 nitrogen and oxygen atoms in total. The van der Waals surface area contributed by atoms with Crippen LogP contribution >= 0.6 is 61.5 Å². The fourth-order valence-corrected chi connectivity index (χ4v) is 2.88. The van der Waals surface area contributed by atoms with Crippen molar-refractivity contribution in [3.05, 3.63) is 30.3 Å². The standard InChI is InChI=1S/C9H5BrClIN2S/c1-4-7(12)8(11)14-9(13-4)6-2-5(10)3-15-6/h2-3H,1H3. The van der Waals surface area contributed by atoms with Crippen LogP contribution in [0.15, 0.2) is 15.9 Å². The number of rotatable bonds is 1. The predicted octanol–water partition coefficient (Wildman–Crippen LogP) is 4.53. The zero-order valence-electron chi connectivity index (χ0n) is 7.59. The molecule has 0 atom stereocenters. The van der Waals surface area contributed by atoms with Crippen LogP contribution < -0.4 is 0 Å². The van der Waals surface area contributed by atoms with Gasteiger partial charge in [0.2, 0.25) is 0 Å². The summed E-state index contributed by atoms with van der Waals surface area (Å²) in [5, 5.41) is 2.52. The molecule has 0 aliphatic heterocycles. The van der Waals surface area contributed by atoms with Crippen molar-refractivity contribution in [3.8, 4) is 10.7 Å². The molecule has 0 saturated carbocycles. The van der Waals surface area contributed by atoms with Crippen LogP contribution in [0.5, 0.6) is 0 Å². The molecule has 0 N–H and O–H groups in total. The van der Waals surface area contributed by atoms with E-state index in [9.17, 15) is 0 Å². The van der Waals surface area contributed by atoms with Crippen LogP contribution in [-0.2, 0) is 0 Å². The van der Waals surface area contributed by atoms with Crippen molar-refractivity contribution >= 4 is 61.5 Å². The Morgan fingerprint density at radius 2 is 2.20 bits per heavy atom. The van der Waals surface area contributed by atoms with Crippen LogP contribution in [-0.4, -0.2) is 9.97 Å². The summed E-state index contributed by atoms with van der Waals surface area (Å²) >= 11 is 13.2. The average Bonchev–Trinajstić information content (AvgIpc) is 2.60. The van der Waals surface area contributed by atoms with Gasteiger partial charge in [-0.05, 0) is 51.5 Å². The van der Waals surface area contributed by atoms with E-state index in [4.69, 9.17) is 11.6 Å². The van der Waals surface area contributed by atoms with E-state index in [-0.39, 0.29) is 0 Å². The molecule has 2 rings (SSSR count). The molecular formula is C9H5BrClIN2S. The number of halogens is 3. The van der Waals surface area contributed by atoms with Crippen LogP contribution in [0.1, 0.15) is 5.69 Å². The number of hydrogen-bond acceptors (Lipinski definition) is 3. The van der Waals surface area contributed by atoms with Crippen molar-refractivity contribution in [2.45, 2.75) is 6.92 Å². The van der Waals surface area contributed by atoms with Crippen molar-refractivity contribution in [1.29, 1.82) is 0 Å². The molecule has 0 fully saturated rings. The number of hydrogen-bond donors (Lipinski definition) is 0. The first-order valence-corrected chi connectivity index (χ1v) is 7.15. The van der Waals surface area contributed by atoms with Gasteiger partial charge in [-0.25, -0.2) is 9.97 Å². The summed E-state index contributed by atoms with van der Waals surface area (Å²) in [6, 6.07) is 1.99. The Kier molecular flexibility index (Phi) is 3.64. The second-order valence-corrected chi connectivity index (χ2v) is 6.13. The molecule has 15 heavy (non-hydrogen) atoms. The van der Waals surface area contributed by atoms with Crippen LogP contribution in [0, 0.1) is 10.5 Å². The van der Waals surface area contributed by atoms with E-state index < -0.39 is 0 Å². The summed E-state index contributed by atoms with van der Waals surface area (Å²) in [6.07, 6.45) is 0. The highest BCUT2D eigenvalue weighted by Gasteiger charge is 2.10. The lowest BCUT2D eigenvalue weighted by molar-refractivity contribution is 1.10. The van der Waals surface area contributed by atoms with Gasteiger partial charge in [0.1, 0.15) is 5.15 Å². The molecule has 0 aliphatic carbocycles. The summed E-state index contributed by atoms with van der Waals surface area (Å²) in [5.74, 6) is 0.689. The molecule has 0 aliphatic rings. The quantitative estimate of drug-likeness (QED) is 0.505. The molecule has 0 aromatic carbocycles. The molecule has 0 radical (unpaired) electrons. The molecule has 78 valence electrons. The number of aromatic nitrogens is 2. The topological polar surface area (TPSA) is 25.8 Å². The first-order valence-electron chi connectivity index (χ1n) is 4.02. The SMILES string of the molecule is Cc1nc(-c2cc(Br)cs2)nc(Cl)c1I. The molecule has 6 heteroatoms. The van der Waals surface area contributed by atoms with Gasteiger partial charge < -0.3 is 0 Å². The molecule has 0 unspecified atom stereocenters. The lowest BCUT2D eigenvalue weighted by Gasteiger charge is -2.02. The van der Waals surface area contributed by atoms with Crippen molar-refractivity contribution in [3.63, 3.8) is 0 Å². The number of nitrogens with zero attached hydrogens (tertiary/aromatic N) is 2. The Morgan fingerprint density at radius 1 is 1.47 bits per heavy atom. The maximum Gasteiger partial charge on any atom is 0.171 e. The minimum absolute atomic E-state index is 0.516. The van der Waals surface area contributed by atoms with Crippen LogP contribution in [0.4, 0.5) is 0 Å². The Balaban J connectivity index is 2.55. The molecule has 0 bridgehead atoms. The van der Waals surface area contributed by atoms with Gasteiger partial charge in [0, 0.05) is 9.85 Å². The lowest BCUT2D eigenvalue weighted by Crippen LogP contribution is -1.95. The third kappa shape index (κ3) is 2.51. The molecule has 0 saturated heterocycles. The predicted molar refractivity (Wildman–Crippen MR) is 75.5 cm³/mol. The van der Waals surface area contributed by atoms with Crippen molar-refractivity contribution < 1.29 is 0 Å². The smallest absolute Gasteiger partial charge is 0.171 e. The minimum Gasteiger partial charge on any atom is -0.231 e. The molecule has 0 amide bonds. The Bertz CT molecular complexity index is 492. The lowest BCUT2D eigenvalue weighted by atomic mass is 10.4. The first-order chi connectivity index (χ1) is 7.08. The van der Waals surface area contributed by atoms with Crippen LogP contribution in [0.2, 0.25) is 5.15 Å². The van der Waals surface area contributed by atoms with Gasteiger partial charge in [-0.15, -0.1) is 11.3 Å². The summed E-state index contributed by atoms with van der Waals surface area (Å²) < 4.78 is 1.95. The highest BCUT2D eigenvalue weighted by Crippen LogP contribution is 2.29. The number of thiophene rings is 1. The molecular weight excluding hydrogens is 410 g/mol. The maximum absolute atomic E-state index is 6.01. The van der Waals surface area contributed by atoms with Gasteiger partial charge in [-0.3, -0.25) is 0 Å². The van der Waals surface area contributed by atoms with E-state index in [1.165, 1.54) is 0 Å². The third-order valence-corrected chi connectivity index (χ3v) is 5.34. The highest BCUT2D eigenvalue weighted by molar-refractivity contribution is 14.1. The Morgan fingerprint density at radius 3 is 2.73 bits per heavy atom. The monoisotopic (exact) mass is 414 g/mol. The summed E-state index contributed by atoms with van der Waals surface area (Å²) in [5.41, 5.74) is 0.912. The second-order valence-electron chi connectivity index (χ2n) is 2.87. The van der Waals surface area contributed by atoms with Gasteiger partial charge >= 0.3 is 0 Å². The molecule has 0 spiro atoms. The summed E-state index contributed by atoms with van der Waals surface area (Å²) in [4.78, 5) is 9.67. The Labute approximate surface area is 118 Å². The first kappa shape index (κ1) is 11.8. The fourth-order valence-electron chi connectivity index (χ4n) is 1.06. The van der Waals surface area contributed by atoms with Crippen molar-refractivity contribution in [2.75, 3.05) is 0 Å². The largest absolute Gasteiger partial charge is 0.231 e. The van der Waals surface area contributed by atoms with Crippen molar-refractivity contribution in [2.24, 2.45) is 0 Å². The van der Waals surface area contributed by atoms with Gasteiger partial charge in [-0.1, -0.05) is 11.6 Å². The third-order valence-electron chi connectivity index (χ3n) is 1.76. The van der Waals surface area contributed by atoms with Crippen LogP contribution in [0.25, 0.3) is 10.7 Å². The van der Waals surface area contributed by atoms with Gasteiger partial charge in [0.25, 0.3) is 0 Å². The highest BCUT2D eigenvalue weighted by atomic mass is 127.